The Morgan fingerprint density at radius 3 is 2.62 bits per heavy atom. The summed E-state index contributed by atoms with van der Waals surface area (Å²) in [5.74, 6) is -0.365. The average Bonchev–Trinajstić information content (AvgIpc) is 2.28. The number of rotatable bonds is 4. The Bertz CT molecular complexity index is 358. The monoisotopic (exact) mass is 222 g/mol. The summed E-state index contributed by atoms with van der Waals surface area (Å²) in [4.78, 5) is 15.5. The standard InChI is InChI=1S/C12H18N2O2/c1-12(2,6-7-13)10-5-4-9(8-14-10)11(15)16-3/h4-5,8H,6-7,13H2,1-3H3. The summed E-state index contributed by atoms with van der Waals surface area (Å²) in [6.07, 6.45) is 2.40. The predicted molar refractivity (Wildman–Crippen MR) is 62.3 cm³/mol. The van der Waals surface area contributed by atoms with Gasteiger partial charge in [-0.25, -0.2) is 4.79 Å². The van der Waals surface area contributed by atoms with Crippen molar-refractivity contribution >= 4 is 5.97 Å². The van der Waals surface area contributed by atoms with Gasteiger partial charge in [0.2, 0.25) is 0 Å². The second kappa shape index (κ2) is 5.07. The van der Waals surface area contributed by atoms with Crippen LogP contribution >= 0.6 is 0 Å². The zero-order valence-electron chi connectivity index (χ0n) is 9.99. The van der Waals surface area contributed by atoms with Crippen molar-refractivity contribution in [3.05, 3.63) is 29.6 Å². The van der Waals surface area contributed by atoms with Crippen molar-refractivity contribution in [1.82, 2.24) is 4.98 Å². The van der Waals surface area contributed by atoms with E-state index in [1.165, 1.54) is 7.11 Å². The molecule has 0 amide bonds. The maximum Gasteiger partial charge on any atom is 0.339 e. The number of aromatic nitrogens is 1. The number of ether oxygens (including phenoxy) is 1. The normalized spacial score (nSPS) is 11.2. The van der Waals surface area contributed by atoms with Crippen LogP contribution in [0.1, 0.15) is 36.3 Å². The lowest BCUT2D eigenvalue weighted by molar-refractivity contribution is 0.0600. The van der Waals surface area contributed by atoms with Crippen LogP contribution in [0.25, 0.3) is 0 Å². The van der Waals surface area contributed by atoms with E-state index in [0.717, 1.165) is 12.1 Å². The summed E-state index contributed by atoms with van der Waals surface area (Å²) in [6.45, 7) is 4.79. The number of esters is 1. The highest BCUT2D eigenvalue weighted by Crippen LogP contribution is 2.24. The molecule has 0 saturated heterocycles. The van der Waals surface area contributed by atoms with Gasteiger partial charge in [-0.3, -0.25) is 4.98 Å². The molecule has 1 aromatic rings. The molecule has 1 heterocycles. The third-order valence-corrected chi connectivity index (χ3v) is 2.65. The van der Waals surface area contributed by atoms with Crippen LogP contribution in [0.3, 0.4) is 0 Å². The van der Waals surface area contributed by atoms with Crippen molar-refractivity contribution in [1.29, 1.82) is 0 Å². The summed E-state index contributed by atoms with van der Waals surface area (Å²) in [5.41, 5.74) is 6.89. The predicted octanol–water partition coefficient (Wildman–Crippen LogP) is 1.49. The van der Waals surface area contributed by atoms with Gasteiger partial charge in [-0.2, -0.15) is 0 Å². The summed E-state index contributed by atoms with van der Waals surface area (Å²) in [5, 5.41) is 0. The number of pyridine rings is 1. The van der Waals surface area contributed by atoms with Gasteiger partial charge in [0.1, 0.15) is 0 Å². The second-order valence-corrected chi connectivity index (χ2v) is 4.35. The largest absolute Gasteiger partial charge is 0.465 e. The smallest absolute Gasteiger partial charge is 0.339 e. The molecule has 4 nitrogen and oxygen atoms in total. The van der Waals surface area contributed by atoms with Crippen molar-refractivity contribution in [3.63, 3.8) is 0 Å². The number of nitrogens with zero attached hydrogens (tertiary/aromatic N) is 1. The maximum atomic E-state index is 11.2. The first-order chi connectivity index (χ1) is 7.51. The van der Waals surface area contributed by atoms with Gasteiger partial charge in [0.25, 0.3) is 0 Å². The van der Waals surface area contributed by atoms with E-state index in [1.54, 1.807) is 12.3 Å². The van der Waals surface area contributed by atoms with Gasteiger partial charge in [0.15, 0.2) is 0 Å². The molecule has 0 aromatic carbocycles. The third-order valence-electron chi connectivity index (χ3n) is 2.65. The van der Waals surface area contributed by atoms with E-state index in [0.29, 0.717) is 12.1 Å². The van der Waals surface area contributed by atoms with Gasteiger partial charge in [-0.05, 0) is 25.1 Å². The van der Waals surface area contributed by atoms with Crippen molar-refractivity contribution in [2.75, 3.05) is 13.7 Å². The van der Waals surface area contributed by atoms with Gasteiger partial charge < -0.3 is 10.5 Å². The highest BCUT2D eigenvalue weighted by molar-refractivity contribution is 5.88. The zero-order valence-corrected chi connectivity index (χ0v) is 9.99. The molecule has 0 fully saturated rings. The van der Waals surface area contributed by atoms with Crippen LogP contribution in [-0.2, 0) is 10.2 Å². The molecule has 0 bridgehead atoms. The number of hydrogen-bond donors (Lipinski definition) is 1. The highest BCUT2D eigenvalue weighted by Gasteiger charge is 2.21. The van der Waals surface area contributed by atoms with Gasteiger partial charge in [-0.15, -0.1) is 0 Å². The number of carbonyl (C=O) groups excluding carboxylic acids is 1. The van der Waals surface area contributed by atoms with Crippen molar-refractivity contribution in [2.24, 2.45) is 5.73 Å². The topological polar surface area (TPSA) is 65.2 Å². The first-order valence-electron chi connectivity index (χ1n) is 5.26. The quantitative estimate of drug-likeness (QED) is 0.784. The molecule has 1 aromatic heterocycles. The number of carbonyl (C=O) groups is 1. The van der Waals surface area contributed by atoms with E-state index in [2.05, 4.69) is 23.6 Å². The van der Waals surface area contributed by atoms with E-state index >= 15 is 0 Å². The summed E-state index contributed by atoms with van der Waals surface area (Å²) >= 11 is 0. The van der Waals surface area contributed by atoms with Crippen molar-refractivity contribution in [2.45, 2.75) is 25.7 Å². The fourth-order valence-corrected chi connectivity index (χ4v) is 1.52. The van der Waals surface area contributed by atoms with E-state index in [9.17, 15) is 4.79 Å². The first-order valence-corrected chi connectivity index (χ1v) is 5.26. The van der Waals surface area contributed by atoms with Crippen LogP contribution in [-0.4, -0.2) is 24.6 Å². The molecular weight excluding hydrogens is 204 g/mol. The number of methoxy groups -OCH3 is 1. The summed E-state index contributed by atoms with van der Waals surface area (Å²) < 4.78 is 4.61. The minimum atomic E-state index is -0.365. The molecule has 0 atom stereocenters. The maximum absolute atomic E-state index is 11.2. The Labute approximate surface area is 95.8 Å². The minimum Gasteiger partial charge on any atom is -0.465 e. The van der Waals surface area contributed by atoms with Gasteiger partial charge in [0.05, 0.1) is 12.7 Å². The summed E-state index contributed by atoms with van der Waals surface area (Å²) in [6, 6.07) is 3.58. The van der Waals surface area contributed by atoms with Crippen molar-refractivity contribution < 1.29 is 9.53 Å². The Morgan fingerprint density at radius 1 is 1.50 bits per heavy atom. The molecule has 16 heavy (non-hydrogen) atoms. The minimum absolute atomic E-state index is 0.0661. The lowest BCUT2D eigenvalue weighted by Crippen LogP contribution is -2.23. The third kappa shape index (κ3) is 2.79. The van der Waals surface area contributed by atoms with E-state index in [-0.39, 0.29) is 11.4 Å². The Kier molecular flexibility index (Phi) is 4.01. The molecule has 2 N–H and O–H groups in total. The molecule has 0 aliphatic rings. The molecule has 0 spiro atoms. The molecule has 4 heteroatoms. The van der Waals surface area contributed by atoms with Crippen LogP contribution < -0.4 is 5.73 Å². The van der Waals surface area contributed by atoms with E-state index in [1.807, 2.05) is 6.07 Å². The van der Waals surface area contributed by atoms with Crippen LogP contribution in [0.4, 0.5) is 0 Å². The van der Waals surface area contributed by atoms with Crippen LogP contribution in [0, 0.1) is 0 Å². The molecule has 0 radical (unpaired) electrons. The molecule has 88 valence electrons. The van der Waals surface area contributed by atoms with Crippen LogP contribution in [0.2, 0.25) is 0 Å². The number of hydrogen-bond acceptors (Lipinski definition) is 4. The lowest BCUT2D eigenvalue weighted by Gasteiger charge is -2.23. The van der Waals surface area contributed by atoms with Crippen molar-refractivity contribution in [3.8, 4) is 0 Å². The van der Waals surface area contributed by atoms with E-state index in [4.69, 9.17) is 5.73 Å². The van der Waals surface area contributed by atoms with E-state index < -0.39 is 0 Å². The molecule has 0 aliphatic heterocycles. The highest BCUT2D eigenvalue weighted by atomic mass is 16.5. The Balaban J connectivity index is 2.90. The summed E-state index contributed by atoms with van der Waals surface area (Å²) in [7, 11) is 1.36. The number of nitrogens with two attached hydrogens (primary N) is 1. The fourth-order valence-electron chi connectivity index (χ4n) is 1.52. The first kappa shape index (κ1) is 12.6. The molecule has 1 rings (SSSR count). The zero-order chi connectivity index (χ0) is 12.2. The molecule has 0 aliphatic carbocycles. The fraction of sp³-hybridized carbons (Fsp3) is 0.500. The average molecular weight is 222 g/mol. The lowest BCUT2D eigenvalue weighted by atomic mass is 9.85. The molecule has 0 unspecified atom stereocenters. The molecular formula is C12H18N2O2. The SMILES string of the molecule is COC(=O)c1ccc(C(C)(C)CCN)nc1. The molecule has 0 saturated carbocycles. The van der Waals surface area contributed by atoms with Gasteiger partial charge >= 0.3 is 5.97 Å². The van der Waals surface area contributed by atoms with Gasteiger partial charge in [-0.1, -0.05) is 13.8 Å². The van der Waals surface area contributed by atoms with Crippen LogP contribution in [0.15, 0.2) is 18.3 Å². The van der Waals surface area contributed by atoms with Crippen LogP contribution in [0.5, 0.6) is 0 Å². The second-order valence-electron chi connectivity index (χ2n) is 4.35. The Hall–Kier alpha value is -1.42. The van der Waals surface area contributed by atoms with Gasteiger partial charge in [0, 0.05) is 17.3 Å². The Morgan fingerprint density at radius 2 is 2.19 bits per heavy atom.